The van der Waals surface area contributed by atoms with Gasteiger partial charge in [0.05, 0.1) is 23.1 Å². The van der Waals surface area contributed by atoms with Crippen molar-refractivity contribution in [3.63, 3.8) is 0 Å². The van der Waals surface area contributed by atoms with E-state index in [9.17, 15) is 9.18 Å². The Bertz CT molecular complexity index is 729. The zero-order valence-corrected chi connectivity index (χ0v) is 15.3. The largest absolute Gasteiger partial charge is 0.337 e. The summed E-state index contributed by atoms with van der Waals surface area (Å²) >= 11 is 0. The smallest absolute Gasteiger partial charge is 0.257 e. The molecule has 1 aliphatic rings. The first-order valence-corrected chi connectivity index (χ1v) is 8.36. The number of hydrogen-bond donors (Lipinski definition) is 1. The van der Waals surface area contributed by atoms with E-state index >= 15 is 0 Å². The highest BCUT2D eigenvalue weighted by atomic mass is 35.5. The van der Waals surface area contributed by atoms with Gasteiger partial charge < -0.3 is 10.6 Å². The predicted octanol–water partition coefficient (Wildman–Crippen LogP) is 3.12. The summed E-state index contributed by atoms with van der Waals surface area (Å²) in [5, 5.41) is 4.39. The summed E-state index contributed by atoms with van der Waals surface area (Å²) in [5.74, 6) is -0.215. The number of halogens is 2. The summed E-state index contributed by atoms with van der Waals surface area (Å²) in [4.78, 5) is 14.7. The minimum Gasteiger partial charge on any atom is -0.337 e. The summed E-state index contributed by atoms with van der Waals surface area (Å²) in [6, 6.07) is 6.16. The molecule has 0 aliphatic carbocycles. The number of amides is 1. The van der Waals surface area contributed by atoms with Gasteiger partial charge in [0.2, 0.25) is 0 Å². The van der Waals surface area contributed by atoms with Gasteiger partial charge in [0.15, 0.2) is 0 Å². The highest BCUT2D eigenvalue weighted by molar-refractivity contribution is 5.95. The molecular weight excluding hydrogens is 343 g/mol. The van der Waals surface area contributed by atoms with E-state index in [1.165, 1.54) is 12.1 Å². The number of aromatic nitrogens is 2. The minimum absolute atomic E-state index is 0. The molecule has 0 spiro atoms. The van der Waals surface area contributed by atoms with Gasteiger partial charge in [-0.05, 0) is 43.0 Å². The van der Waals surface area contributed by atoms with Crippen LogP contribution in [-0.4, -0.2) is 39.7 Å². The Morgan fingerprint density at radius 2 is 2.00 bits per heavy atom. The van der Waals surface area contributed by atoms with Crippen molar-refractivity contribution < 1.29 is 9.18 Å². The summed E-state index contributed by atoms with van der Waals surface area (Å²) < 4.78 is 14.9. The lowest BCUT2D eigenvalue weighted by atomic mass is 10.0. The first kappa shape index (κ1) is 19.4. The maximum atomic E-state index is 13.2. The fourth-order valence-electron chi connectivity index (χ4n) is 3.23. The molecule has 2 N–H and O–H groups in total. The number of nitrogens with two attached hydrogens (primary N) is 1. The van der Waals surface area contributed by atoms with Crippen LogP contribution in [0.3, 0.4) is 0 Å². The van der Waals surface area contributed by atoms with E-state index in [0.29, 0.717) is 12.1 Å². The minimum atomic E-state index is -0.296. The standard InChI is InChI=1S/C18H23FN4O.ClH/c1-12(2)17-16(18(24)22-9-3-4-14(20)11-22)10-21-23(17)15-7-5-13(19)6-8-15;/h5-8,10,12,14H,3-4,9,11,20H2,1-2H3;1H. The van der Waals surface area contributed by atoms with Gasteiger partial charge >= 0.3 is 0 Å². The van der Waals surface area contributed by atoms with E-state index < -0.39 is 0 Å². The topological polar surface area (TPSA) is 64.2 Å². The van der Waals surface area contributed by atoms with E-state index in [1.807, 2.05) is 18.7 Å². The van der Waals surface area contributed by atoms with Gasteiger partial charge in [-0.25, -0.2) is 9.07 Å². The van der Waals surface area contributed by atoms with Gasteiger partial charge in [-0.2, -0.15) is 5.10 Å². The van der Waals surface area contributed by atoms with Crippen molar-refractivity contribution >= 4 is 18.3 Å². The Balaban J connectivity index is 0.00000225. The summed E-state index contributed by atoms with van der Waals surface area (Å²) in [6.45, 7) is 5.36. The van der Waals surface area contributed by atoms with Crippen LogP contribution in [0.4, 0.5) is 4.39 Å². The first-order chi connectivity index (χ1) is 11.5. The summed E-state index contributed by atoms with van der Waals surface area (Å²) in [6.07, 6.45) is 3.49. The number of hydrogen-bond acceptors (Lipinski definition) is 3. The number of likely N-dealkylation sites (tertiary alicyclic amines) is 1. The van der Waals surface area contributed by atoms with Crippen LogP contribution in [0, 0.1) is 5.82 Å². The zero-order chi connectivity index (χ0) is 17.3. The highest BCUT2D eigenvalue weighted by Crippen LogP contribution is 2.25. The van der Waals surface area contributed by atoms with Gasteiger partial charge in [0, 0.05) is 19.1 Å². The molecule has 2 aromatic rings. The molecule has 25 heavy (non-hydrogen) atoms. The van der Waals surface area contributed by atoms with E-state index in [1.54, 1.807) is 23.0 Å². The lowest BCUT2D eigenvalue weighted by Crippen LogP contribution is -2.45. The number of piperidine rings is 1. The van der Waals surface area contributed by atoms with E-state index in [2.05, 4.69) is 5.10 Å². The lowest BCUT2D eigenvalue weighted by molar-refractivity contribution is 0.0707. The van der Waals surface area contributed by atoms with Crippen LogP contribution in [0.25, 0.3) is 5.69 Å². The van der Waals surface area contributed by atoms with Crippen LogP contribution in [0.2, 0.25) is 0 Å². The van der Waals surface area contributed by atoms with E-state index in [-0.39, 0.29) is 36.1 Å². The summed E-state index contributed by atoms with van der Waals surface area (Å²) in [7, 11) is 0. The number of carbonyl (C=O) groups excluding carboxylic acids is 1. The third kappa shape index (κ3) is 4.02. The molecular formula is C18H24ClFN4O. The van der Waals surface area contributed by atoms with E-state index in [4.69, 9.17) is 5.73 Å². The van der Waals surface area contributed by atoms with Crippen molar-refractivity contribution in [1.29, 1.82) is 0 Å². The molecule has 1 fully saturated rings. The Labute approximate surface area is 153 Å². The molecule has 2 heterocycles. The Morgan fingerprint density at radius 3 is 2.60 bits per heavy atom. The molecule has 1 saturated heterocycles. The van der Waals surface area contributed by atoms with Gasteiger partial charge in [-0.1, -0.05) is 13.8 Å². The molecule has 3 rings (SSSR count). The molecule has 1 aromatic carbocycles. The van der Waals surface area contributed by atoms with Gasteiger partial charge in [-0.15, -0.1) is 12.4 Å². The van der Waals surface area contributed by atoms with Crippen LogP contribution in [-0.2, 0) is 0 Å². The maximum absolute atomic E-state index is 13.2. The van der Waals surface area contributed by atoms with Crippen molar-refractivity contribution in [2.45, 2.75) is 38.6 Å². The second kappa shape index (κ2) is 7.97. The molecule has 136 valence electrons. The van der Waals surface area contributed by atoms with Crippen molar-refractivity contribution in [3.8, 4) is 5.69 Å². The van der Waals surface area contributed by atoms with Crippen LogP contribution in [0.5, 0.6) is 0 Å². The summed E-state index contributed by atoms with van der Waals surface area (Å²) in [5.41, 5.74) is 8.18. The molecule has 0 saturated carbocycles. The highest BCUT2D eigenvalue weighted by Gasteiger charge is 2.27. The number of rotatable bonds is 3. The molecule has 0 radical (unpaired) electrons. The Morgan fingerprint density at radius 1 is 1.32 bits per heavy atom. The Kier molecular flexibility index (Phi) is 6.19. The number of benzene rings is 1. The normalized spacial score (nSPS) is 17.5. The van der Waals surface area contributed by atoms with Gasteiger partial charge in [0.25, 0.3) is 5.91 Å². The molecule has 1 unspecified atom stereocenters. The fraction of sp³-hybridized carbons (Fsp3) is 0.444. The Hall–Kier alpha value is -1.92. The first-order valence-electron chi connectivity index (χ1n) is 8.36. The van der Waals surface area contributed by atoms with Crippen LogP contribution >= 0.6 is 12.4 Å². The second-order valence-corrected chi connectivity index (χ2v) is 6.64. The van der Waals surface area contributed by atoms with Crippen molar-refractivity contribution in [2.75, 3.05) is 13.1 Å². The quantitative estimate of drug-likeness (QED) is 0.907. The SMILES string of the molecule is CC(C)c1c(C(=O)N2CCCC(N)C2)cnn1-c1ccc(F)cc1.Cl. The number of nitrogens with zero attached hydrogens (tertiary/aromatic N) is 3. The third-order valence-electron chi connectivity index (χ3n) is 4.40. The molecule has 5 nitrogen and oxygen atoms in total. The molecule has 7 heteroatoms. The van der Waals surface area contributed by atoms with Crippen LogP contribution in [0.15, 0.2) is 30.5 Å². The van der Waals surface area contributed by atoms with Gasteiger partial charge in [0.1, 0.15) is 5.82 Å². The molecule has 1 atom stereocenters. The molecule has 1 amide bonds. The maximum Gasteiger partial charge on any atom is 0.257 e. The number of carbonyl (C=O) groups is 1. The average molecular weight is 367 g/mol. The molecule has 0 bridgehead atoms. The average Bonchev–Trinajstić information content (AvgIpc) is 3.00. The predicted molar refractivity (Wildman–Crippen MR) is 98.0 cm³/mol. The second-order valence-electron chi connectivity index (χ2n) is 6.64. The molecule has 1 aromatic heterocycles. The molecule has 1 aliphatic heterocycles. The lowest BCUT2D eigenvalue weighted by Gasteiger charge is -2.31. The van der Waals surface area contributed by atoms with Crippen LogP contribution in [0.1, 0.15) is 48.7 Å². The third-order valence-corrected chi connectivity index (χ3v) is 4.40. The fourth-order valence-corrected chi connectivity index (χ4v) is 3.23. The van der Waals surface area contributed by atoms with E-state index in [0.717, 1.165) is 30.8 Å². The van der Waals surface area contributed by atoms with Crippen molar-refractivity contribution in [2.24, 2.45) is 5.73 Å². The van der Waals surface area contributed by atoms with Crippen LogP contribution < -0.4 is 5.73 Å². The monoisotopic (exact) mass is 366 g/mol. The van der Waals surface area contributed by atoms with Crippen molar-refractivity contribution in [3.05, 3.63) is 47.5 Å². The van der Waals surface area contributed by atoms with Gasteiger partial charge in [-0.3, -0.25) is 4.79 Å². The van der Waals surface area contributed by atoms with Crippen molar-refractivity contribution in [1.82, 2.24) is 14.7 Å². The zero-order valence-electron chi connectivity index (χ0n) is 14.5.